The molecule has 0 saturated carbocycles. The van der Waals surface area contributed by atoms with Crippen molar-refractivity contribution in [3.63, 3.8) is 0 Å². The van der Waals surface area contributed by atoms with Crippen LogP contribution in [0, 0.1) is 12.4 Å². The van der Waals surface area contributed by atoms with Gasteiger partial charge in [0.25, 0.3) is 17.9 Å². The molecule has 2 heterocycles. The molecule has 1 aliphatic heterocycles. The molecule has 162 valence electrons. The first kappa shape index (κ1) is 22.0. The van der Waals surface area contributed by atoms with E-state index < -0.39 is 34.8 Å². The summed E-state index contributed by atoms with van der Waals surface area (Å²) in [4.78, 5) is 27.4. The Morgan fingerprint density at radius 1 is 1.32 bits per heavy atom. The highest BCUT2D eigenvalue weighted by Crippen LogP contribution is 2.45. The van der Waals surface area contributed by atoms with Crippen LogP contribution >= 0.6 is 0 Å². The van der Waals surface area contributed by atoms with Crippen LogP contribution in [0.5, 0.6) is 5.88 Å². The van der Waals surface area contributed by atoms with Gasteiger partial charge in [0, 0.05) is 24.6 Å². The zero-order valence-electron chi connectivity index (χ0n) is 16.7. The van der Waals surface area contributed by atoms with Gasteiger partial charge in [-0.15, -0.1) is 0 Å². The zero-order chi connectivity index (χ0) is 22.8. The molecule has 0 saturated heterocycles. The van der Waals surface area contributed by atoms with Gasteiger partial charge in [-0.2, -0.15) is 0 Å². The summed E-state index contributed by atoms with van der Waals surface area (Å²) < 4.78 is 47.9. The quantitative estimate of drug-likeness (QED) is 0.706. The number of aromatic nitrogens is 2. The van der Waals surface area contributed by atoms with Crippen LogP contribution in [0.4, 0.5) is 18.9 Å². The Kier molecular flexibility index (Phi) is 5.83. The number of benzene rings is 1. The minimum atomic E-state index is -3.09. The van der Waals surface area contributed by atoms with Crippen molar-refractivity contribution in [3.05, 3.63) is 59.1 Å². The fourth-order valence-electron chi connectivity index (χ4n) is 3.21. The Bertz CT molecular complexity index is 1070. The number of halogens is 3. The fraction of sp³-hybridized carbons (Fsp3) is 0.350. The van der Waals surface area contributed by atoms with Crippen LogP contribution in [0.3, 0.4) is 0 Å². The van der Waals surface area contributed by atoms with Gasteiger partial charge < -0.3 is 20.6 Å². The van der Waals surface area contributed by atoms with Crippen LogP contribution in [-0.2, 0) is 5.54 Å². The number of ether oxygens (including phenoxy) is 1. The number of rotatable bonds is 5. The molecule has 0 unspecified atom stereocenters. The molecular weight excluding hydrogens is 413 g/mol. The van der Waals surface area contributed by atoms with Crippen molar-refractivity contribution in [2.45, 2.75) is 37.3 Å². The number of methoxy groups -OCH3 is 1. The van der Waals surface area contributed by atoms with E-state index in [0.717, 1.165) is 12.1 Å². The third-order valence-corrected chi connectivity index (χ3v) is 5.23. The maximum Gasteiger partial charge on any atom is 0.285 e. The van der Waals surface area contributed by atoms with E-state index in [4.69, 9.17) is 17.0 Å². The van der Waals surface area contributed by atoms with E-state index in [9.17, 15) is 18.0 Å². The Morgan fingerprint density at radius 2 is 2.06 bits per heavy atom. The number of aliphatic imine (C=N–C) groups is 1. The smallest absolute Gasteiger partial charge is 0.285 e. The van der Waals surface area contributed by atoms with Crippen molar-refractivity contribution in [2.75, 3.05) is 12.4 Å². The lowest BCUT2D eigenvalue weighted by atomic mass is 9.78. The minimum Gasteiger partial charge on any atom is -0.480 e. The molecule has 3 N–H and O–H groups in total. The summed E-state index contributed by atoms with van der Waals surface area (Å²) in [7, 11) is 1.39. The maximum absolute atomic E-state index is 14.7. The average molecular weight is 432 g/mol. The number of hydrogen-bond acceptors (Lipinski definition) is 6. The topological polar surface area (TPSA) is 107 Å². The summed E-state index contributed by atoms with van der Waals surface area (Å²) in [5.74, 6) is -1.67. The van der Waals surface area contributed by atoms with Gasteiger partial charge in [0.05, 0.1) is 19.5 Å². The van der Waals surface area contributed by atoms with E-state index in [2.05, 4.69) is 25.1 Å². The number of hydrogen-bond donors (Lipinski definition) is 2. The van der Waals surface area contributed by atoms with Crippen molar-refractivity contribution >= 4 is 17.4 Å². The summed E-state index contributed by atoms with van der Waals surface area (Å²) in [6, 6.07) is 3.28. The molecular formula is C20H19F3N6O2. The number of carbonyl (C=O) groups is 1. The standard InChI is InChI=1S/C20H19F3N6O2/c1-19(25-2)6-7-20(17(22)23,29-18(19)24)12-8-11(4-5-13(12)21)28-16(30)14-9-27-15(31-3)10-26-14/h4-5,8-10,17H,6-7H2,1,3H3,(H2,24,29)(H,28,30)/t19-,20+/m0/s1. The first-order valence-corrected chi connectivity index (χ1v) is 9.15. The van der Waals surface area contributed by atoms with Crippen molar-refractivity contribution in [3.8, 4) is 5.88 Å². The van der Waals surface area contributed by atoms with Gasteiger partial charge in [0.15, 0.2) is 11.4 Å². The van der Waals surface area contributed by atoms with Crippen molar-refractivity contribution in [1.29, 1.82) is 0 Å². The number of nitrogens with two attached hydrogens (primary N) is 1. The molecule has 0 spiro atoms. The van der Waals surface area contributed by atoms with Crippen molar-refractivity contribution in [1.82, 2.24) is 9.97 Å². The molecule has 11 heteroatoms. The van der Waals surface area contributed by atoms with Gasteiger partial charge in [-0.25, -0.2) is 34.7 Å². The van der Waals surface area contributed by atoms with Crippen LogP contribution in [0.25, 0.3) is 4.85 Å². The predicted molar refractivity (Wildman–Crippen MR) is 106 cm³/mol. The molecule has 0 radical (unpaired) electrons. The first-order valence-electron chi connectivity index (χ1n) is 9.15. The number of nitrogens with one attached hydrogen (secondary N) is 1. The molecule has 0 aliphatic carbocycles. The lowest BCUT2D eigenvalue weighted by molar-refractivity contribution is 0.0396. The molecule has 0 bridgehead atoms. The summed E-state index contributed by atoms with van der Waals surface area (Å²) in [5.41, 5.74) is 1.92. The second kappa shape index (κ2) is 8.22. The van der Waals surface area contributed by atoms with E-state index in [-0.39, 0.29) is 35.9 Å². The minimum absolute atomic E-state index is 0.0202. The molecule has 1 aromatic carbocycles. The summed E-state index contributed by atoms with van der Waals surface area (Å²) in [6.45, 7) is 8.76. The number of amidine groups is 1. The number of amides is 1. The molecule has 2 atom stereocenters. The summed E-state index contributed by atoms with van der Waals surface area (Å²) >= 11 is 0. The average Bonchev–Trinajstić information content (AvgIpc) is 2.77. The van der Waals surface area contributed by atoms with Crippen LogP contribution in [0.2, 0.25) is 0 Å². The van der Waals surface area contributed by atoms with Gasteiger partial charge in [0.1, 0.15) is 11.5 Å². The van der Waals surface area contributed by atoms with Crippen molar-refractivity contribution < 1.29 is 22.7 Å². The summed E-state index contributed by atoms with van der Waals surface area (Å²) in [6.07, 6.45) is -0.980. The highest BCUT2D eigenvalue weighted by atomic mass is 19.3. The van der Waals surface area contributed by atoms with E-state index >= 15 is 0 Å². The predicted octanol–water partition coefficient (Wildman–Crippen LogP) is 3.17. The van der Waals surface area contributed by atoms with Gasteiger partial charge in [-0.05, 0) is 24.6 Å². The van der Waals surface area contributed by atoms with Gasteiger partial charge in [-0.3, -0.25) is 4.79 Å². The van der Waals surface area contributed by atoms with E-state index in [0.29, 0.717) is 0 Å². The molecule has 3 rings (SSSR count). The number of nitrogens with zero attached hydrogens (tertiary/aromatic N) is 4. The van der Waals surface area contributed by atoms with Gasteiger partial charge >= 0.3 is 0 Å². The van der Waals surface area contributed by atoms with Crippen LogP contribution < -0.4 is 15.8 Å². The molecule has 1 amide bonds. The molecule has 0 fully saturated rings. The Morgan fingerprint density at radius 3 is 2.61 bits per heavy atom. The summed E-state index contributed by atoms with van der Waals surface area (Å²) in [5, 5.41) is 2.48. The molecule has 1 aliphatic rings. The fourth-order valence-corrected chi connectivity index (χ4v) is 3.21. The SMILES string of the molecule is [C-]#[N+][C@@]1(C)CC[C@@](c2cc(NC(=O)c3cnc(OC)cn3)ccc2F)(C(F)F)N=C1N. The number of anilines is 1. The normalized spacial score (nSPS) is 23.1. The van der Waals surface area contributed by atoms with E-state index in [1.807, 2.05) is 0 Å². The van der Waals surface area contributed by atoms with Gasteiger partial charge in [-0.1, -0.05) is 0 Å². The molecule has 8 nitrogen and oxygen atoms in total. The van der Waals surface area contributed by atoms with Crippen LogP contribution in [0.1, 0.15) is 35.8 Å². The first-order chi connectivity index (χ1) is 14.6. The van der Waals surface area contributed by atoms with Crippen LogP contribution in [0.15, 0.2) is 35.6 Å². The Hall–Kier alpha value is -3.68. The largest absolute Gasteiger partial charge is 0.480 e. The number of carbonyl (C=O) groups excluding carboxylic acids is 1. The lowest BCUT2D eigenvalue weighted by Crippen LogP contribution is -2.49. The third-order valence-electron chi connectivity index (χ3n) is 5.23. The Labute approximate surface area is 176 Å². The van der Waals surface area contributed by atoms with Crippen LogP contribution in [-0.4, -0.2) is 40.8 Å². The Balaban J connectivity index is 1.97. The zero-order valence-corrected chi connectivity index (χ0v) is 16.7. The second-order valence-electron chi connectivity index (χ2n) is 7.20. The molecule has 2 aromatic rings. The highest BCUT2D eigenvalue weighted by Gasteiger charge is 2.52. The molecule has 31 heavy (non-hydrogen) atoms. The van der Waals surface area contributed by atoms with Crippen molar-refractivity contribution in [2.24, 2.45) is 10.7 Å². The maximum atomic E-state index is 14.7. The molecule has 1 aromatic heterocycles. The van der Waals surface area contributed by atoms with Gasteiger partial charge in [0.2, 0.25) is 5.88 Å². The van der Waals surface area contributed by atoms with E-state index in [1.54, 1.807) is 0 Å². The second-order valence-corrected chi connectivity index (χ2v) is 7.20. The highest BCUT2D eigenvalue weighted by molar-refractivity contribution is 6.02. The third kappa shape index (κ3) is 4.01. The number of alkyl halides is 2. The monoisotopic (exact) mass is 432 g/mol. The lowest BCUT2D eigenvalue weighted by Gasteiger charge is -2.36. The van der Waals surface area contributed by atoms with E-state index in [1.165, 1.54) is 32.5 Å².